The molecule has 0 aliphatic rings. The smallest absolute Gasteiger partial charge is 0.369 e. The van der Waals surface area contributed by atoms with Crippen molar-refractivity contribution >= 4 is 29.1 Å². The number of aliphatic imine (C=N–C) groups is 1. The van der Waals surface area contributed by atoms with Crippen LogP contribution in [0.1, 0.15) is 18.9 Å². The molecule has 1 aromatic heterocycles. The lowest BCUT2D eigenvalue weighted by atomic mass is 10.1. The van der Waals surface area contributed by atoms with Crippen LogP contribution in [-0.2, 0) is 11.0 Å². The number of para-hydroxylation sites is 1. The van der Waals surface area contributed by atoms with Crippen LogP contribution in [0.2, 0.25) is 0 Å². The maximum atomic E-state index is 13.1. The van der Waals surface area contributed by atoms with Crippen LogP contribution in [0.25, 0.3) is 11.1 Å². The predicted molar refractivity (Wildman–Crippen MR) is 115 cm³/mol. The molecule has 0 atom stereocenters. The highest BCUT2D eigenvalue weighted by atomic mass is 19.4. The van der Waals surface area contributed by atoms with E-state index in [1.54, 1.807) is 37.4 Å². The Labute approximate surface area is 177 Å². The molecule has 31 heavy (non-hydrogen) atoms. The van der Waals surface area contributed by atoms with Gasteiger partial charge in [0.25, 0.3) is 0 Å². The number of halogens is 3. The van der Waals surface area contributed by atoms with Crippen LogP contribution in [0, 0.1) is 0 Å². The van der Waals surface area contributed by atoms with Crippen LogP contribution in [-0.4, -0.2) is 16.9 Å². The van der Waals surface area contributed by atoms with Gasteiger partial charge in [0.2, 0.25) is 5.91 Å². The third kappa shape index (κ3) is 5.81. The number of benzene rings is 2. The minimum absolute atomic E-state index is 0.0688. The van der Waals surface area contributed by atoms with Gasteiger partial charge in [-0.2, -0.15) is 18.2 Å². The molecule has 4 N–H and O–H groups in total. The molecule has 160 valence electrons. The molecule has 0 radical (unpaired) electrons. The van der Waals surface area contributed by atoms with Gasteiger partial charge in [-0.05, 0) is 42.0 Å². The molecule has 0 unspecified atom stereocenters. The number of alkyl halides is 3. The fourth-order valence-electron chi connectivity index (χ4n) is 2.75. The van der Waals surface area contributed by atoms with Crippen molar-refractivity contribution in [3.05, 3.63) is 72.4 Å². The molecule has 1 heterocycles. The molecule has 0 saturated heterocycles. The summed E-state index contributed by atoms with van der Waals surface area (Å²) >= 11 is 0. The molecule has 3 rings (SSSR count). The first kappa shape index (κ1) is 21.8. The molecular weight excluding hydrogens is 407 g/mol. The van der Waals surface area contributed by atoms with E-state index in [4.69, 9.17) is 5.73 Å². The lowest BCUT2D eigenvalue weighted by Crippen LogP contribution is -2.24. The van der Waals surface area contributed by atoms with Gasteiger partial charge in [-0.3, -0.25) is 4.79 Å². The second-order valence-corrected chi connectivity index (χ2v) is 6.55. The third-order valence-corrected chi connectivity index (χ3v) is 4.30. The number of aromatic nitrogens is 1. The lowest BCUT2D eigenvalue weighted by molar-refractivity contribution is -0.136. The van der Waals surface area contributed by atoms with E-state index in [0.29, 0.717) is 12.1 Å². The summed E-state index contributed by atoms with van der Waals surface area (Å²) in [5.41, 5.74) is 7.12. The number of anilines is 2. The number of nitrogens with two attached hydrogens (primary N) is 1. The van der Waals surface area contributed by atoms with E-state index in [-0.39, 0.29) is 23.4 Å². The van der Waals surface area contributed by atoms with E-state index >= 15 is 0 Å². The number of guanidine groups is 1. The summed E-state index contributed by atoms with van der Waals surface area (Å²) in [6.45, 7) is 1.77. The van der Waals surface area contributed by atoms with Crippen molar-refractivity contribution < 1.29 is 18.0 Å². The number of carbonyl (C=O) groups is 1. The van der Waals surface area contributed by atoms with Crippen LogP contribution in [0.3, 0.4) is 0 Å². The van der Waals surface area contributed by atoms with Crippen LogP contribution < -0.4 is 16.4 Å². The van der Waals surface area contributed by atoms with E-state index in [1.165, 1.54) is 18.2 Å². The Balaban J connectivity index is 1.72. The zero-order chi connectivity index (χ0) is 22.4. The molecule has 0 bridgehead atoms. The first-order chi connectivity index (χ1) is 14.8. The minimum atomic E-state index is -4.52. The molecule has 6 nitrogen and oxygen atoms in total. The second kappa shape index (κ2) is 9.29. The Bertz CT molecular complexity index is 1080. The lowest BCUT2D eigenvalue weighted by Gasteiger charge is -2.13. The summed E-state index contributed by atoms with van der Waals surface area (Å²) in [6.07, 6.45) is -2.54. The van der Waals surface area contributed by atoms with Crippen molar-refractivity contribution in [2.45, 2.75) is 19.5 Å². The number of carbonyl (C=O) groups excluding carboxylic acids is 1. The molecule has 0 saturated carbocycles. The van der Waals surface area contributed by atoms with Crippen LogP contribution in [0.5, 0.6) is 0 Å². The van der Waals surface area contributed by atoms with E-state index < -0.39 is 11.7 Å². The van der Waals surface area contributed by atoms with Crippen molar-refractivity contribution in [3.8, 4) is 11.1 Å². The highest BCUT2D eigenvalue weighted by Crippen LogP contribution is 2.34. The molecule has 0 spiro atoms. The average molecular weight is 427 g/mol. The van der Waals surface area contributed by atoms with Crippen LogP contribution >= 0.6 is 0 Å². The van der Waals surface area contributed by atoms with Gasteiger partial charge in [0, 0.05) is 23.9 Å². The highest BCUT2D eigenvalue weighted by molar-refractivity contribution is 5.94. The minimum Gasteiger partial charge on any atom is -0.369 e. The van der Waals surface area contributed by atoms with Gasteiger partial charge >= 0.3 is 6.18 Å². The van der Waals surface area contributed by atoms with Crippen molar-refractivity contribution in [1.29, 1.82) is 0 Å². The largest absolute Gasteiger partial charge is 0.418 e. The van der Waals surface area contributed by atoms with Crippen molar-refractivity contribution in [2.75, 3.05) is 10.6 Å². The number of amides is 1. The number of nitrogens with zero attached hydrogens (tertiary/aromatic N) is 2. The summed E-state index contributed by atoms with van der Waals surface area (Å²) in [5, 5.41) is 5.24. The number of nitrogens with one attached hydrogen (secondary N) is 2. The molecular formula is C22H20F3N5O. The Morgan fingerprint density at radius 2 is 1.68 bits per heavy atom. The fourth-order valence-corrected chi connectivity index (χ4v) is 2.75. The molecule has 1 amide bonds. The van der Waals surface area contributed by atoms with E-state index in [0.717, 1.165) is 17.2 Å². The molecule has 3 aromatic rings. The molecule has 0 aliphatic heterocycles. The number of rotatable bonds is 5. The normalized spacial score (nSPS) is 11.8. The van der Waals surface area contributed by atoms with E-state index in [9.17, 15) is 18.0 Å². The van der Waals surface area contributed by atoms with Crippen molar-refractivity contribution in [2.24, 2.45) is 10.7 Å². The average Bonchev–Trinajstić information content (AvgIpc) is 2.74. The Morgan fingerprint density at radius 1 is 1.00 bits per heavy atom. The van der Waals surface area contributed by atoms with Gasteiger partial charge in [0.15, 0.2) is 11.8 Å². The maximum Gasteiger partial charge on any atom is 0.418 e. The monoisotopic (exact) mass is 427 g/mol. The van der Waals surface area contributed by atoms with E-state index in [1.807, 2.05) is 12.1 Å². The molecule has 9 heteroatoms. The molecule has 0 aliphatic carbocycles. The topological polar surface area (TPSA) is 92.4 Å². The standard InChI is InChI=1S/C22H20F3N5O/c1-2-20(31)28-16-10-7-14(8-11-16)15-9-12-19(27-13-15)30-21(26)29-18-6-4-3-5-17(18)22(23,24)25/h3-13H,2H2,1H3,(H,28,31)(H3,26,27,29,30). The fraction of sp³-hybridized carbons (Fsp3) is 0.136. The summed E-state index contributed by atoms with van der Waals surface area (Å²) in [6, 6.07) is 15.6. The van der Waals surface area contributed by atoms with Crippen molar-refractivity contribution in [3.63, 3.8) is 0 Å². The first-order valence-electron chi connectivity index (χ1n) is 9.40. The summed E-state index contributed by atoms with van der Waals surface area (Å²) in [5.74, 6) is -0.0428. The van der Waals surface area contributed by atoms with E-state index in [2.05, 4.69) is 20.6 Å². The van der Waals surface area contributed by atoms with Gasteiger partial charge in [0.1, 0.15) is 0 Å². The second-order valence-electron chi connectivity index (χ2n) is 6.55. The number of hydrogen-bond acceptors (Lipinski definition) is 3. The predicted octanol–water partition coefficient (Wildman–Crippen LogP) is 5.17. The third-order valence-electron chi connectivity index (χ3n) is 4.30. The zero-order valence-electron chi connectivity index (χ0n) is 16.6. The van der Waals surface area contributed by atoms with Crippen molar-refractivity contribution in [1.82, 2.24) is 4.98 Å². The maximum absolute atomic E-state index is 13.1. The number of pyridine rings is 1. The Kier molecular flexibility index (Phi) is 6.54. The zero-order valence-corrected chi connectivity index (χ0v) is 16.6. The van der Waals surface area contributed by atoms with Crippen LogP contribution in [0.15, 0.2) is 71.9 Å². The van der Waals surface area contributed by atoms with Gasteiger partial charge in [-0.15, -0.1) is 0 Å². The Morgan fingerprint density at radius 3 is 2.29 bits per heavy atom. The first-order valence-corrected chi connectivity index (χ1v) is 9.40. The quantitative estimate of drug-likeness (QED) is 0.387. The van der Waals surface area contributed by atoms with Gasteiger partial charge in [-0.1, -0.05) is 31.2 Å². The van der Waals surface area contributed by atoms with Gasteiger partial charge in [0.05, 0.1) is 11.3 Å². The highest BCUT2D eigenvalue weighted by Gasteiger charge is 2.33. The molecule has 2 aromatic carbocycles. The summed E-state index contributed by atoms with van der Waals surface area (Å²) < 4.78 is 39.2. The Hall–Kier alpha value is -3.88. The molecule has 0 fully saturated rings. The van der Waals surface area contributed by atoms with Gasteiger partial charge in [-0.25, -0.2) is 4.98 Å². The number of hydrogen-bond donors (Lipinski definition) is 3. The summed E-state index contributed by atoms with van der Waals surface area (Å²) in [4.78, 5) is 19.7. The SMILES string of the molecule is CCC(=O)Nc1ccc(-c2ccc(N=C(N)Nc3ccccc3C(F)(F)F)nc2)cc1. The van der Waals surface area contributed by atoms with Gasteiger partial charge < -0.3 is 16.4 Å². The summed E-state index contributed by atoms with van der Waals surface area (Å²) in [7, 11) is 0. The van der Waals surface area contributed by atoms with Crippen LogP contribution in [0.4, 0.5) is 30.4 Å².